The van der Waals surface area contributed by atoms with Gasteiger partial charge in [0.2, 0.25) is 5.78 Å². The summed E-state index contributed by atoms with van der Waals surface area (Å²) in [6.45, 7) is 0. The van der Waals surface area contributed by atoms with E-state index in [9.17, 15) is 9.59 Å². The van der Waals surface area contributed by atoms with Gasteiger partial charge in [0.25, 0.3) is 0 Å². The Hall–Kier alpha value is -4.26. The Labute approximate surface area is 196 Å². The minimum absolute atomic E-state index is 0.137. The second-order valence-corrected chi connectivity index (χ2v) is 7.88. The van der Waals surface area contributed by atoms with E-state index in [1.807, 2.05) is 30.3 Å². The fourth-order valence-electron chi connectivity index (χ4n) is 4.38. The van der Waals surface area contributed by atoms with Crippen LogP contribution < -0.4 is 23.7 Å². The van der Waals surface area contributed by atoms with Gasteiger partial charge in [-0.2, -0.15) is 0 Å². The van der Waals surface area contributed by atoms with Gasteiger partial charge < -0.3 is 23.7 Å². The SMILES string of the molecule is COc1cc(OC)c(OC)cc1C=C1Oc2c(ccc3c2C(c2ccccc2)CC(=O)O3)C1=O. The lowest BCUT2D eigenvalue weighted by Crippen LogP contribution is -2.21. The second kappa shape index (κ2) is 8.59. The zero-order chi connectivity index (χ0) is 23.8. The Kier molecular flexibility index (Phi) is 5.45. The zero-order valence-corrected chi connectivity index (χ0v) is 18.9. The van der Waals surface area contributed by atoms with Crippen LogP contribution in [0.2, 0.25) is 0 Å². The van der Waals surface area contributed by atoms with Gasteiger partial charge in [-0.1, -0.05) is 30.3 Å². The lowest BCUT2D eigenvalue weighted by molar-refractivity contribution is -0.135. The van der Waals surface area contributed by atoms with Crippen LogP contribution in [0, 0.1) is 0 Å². The summed E-state index contributed by atoms with van der Waals surface area (Å²) in [5, 5.41) is 0. The smallest absolute Gasteiger partial charge is 0.312 e. The molecular weight excluding hydrogens is 436 g/mol. The van der Waals surface area contributed by atoms with Crippen LogP contribution >= 0.6 is 0 Å². The number of hydrogen-bond acceptors (Lipinski definition) is 7. The summed E-state index contributed by atoms with van der Waals surface area (Å²) in [7, 11) is 4.60. The summed E-state index contributed by atoms with van der Waals surface area (Å²) < 4.78 is 27.8. The molecule has 5 rings (SSSR count). The fraction of sp³-hybridized carbons (Fsp3) is 0.185. The first-order valence-corrected chi connectivity index (χ1v) is 10.7. The number of rotatable bonds is 5. The molecule has 0 bridgehead atoms. The molecule has 34 heavy (non-hydrogen) atoms. The van der Waals surface area contributed by atoms with Gasteiger partial charge in [-0.25, -0.2) is 0 Å². The highest BCUT2D eigenvalue weighted by atomic mass is 16.5. The highest BCUT2D eigenvalue weighted by Crippen LogP contribution is 2.49. The summed E-state index contributed by atoms with van der Waals surface area (Å²) >= 11 is 0. The van der Waals surface area contributed by atoms with Crippen molar-refractivity contribution < 1.29 is 33.3 Å². The van der Waals surface area contributed by atoms with Crippen LogP contribution in [0.15, 0.2) is 60.4 Å². The summed E-state index contributed by atoms with van der Waals surface area (Å²) in [6, 6.07) is 16.3. The highest BCUT2D eigenvalue weighted by molar-refractivity contribution is 6.15. The molecule has 2 aliphatic heterocycles. The number of ether oxygens (including phenoxy) is 5. The summed E-state index contributed by atoms with van der Waals surface area (Å²) in [5.74, 6) is 1.57. The average Bonchev–Trinajstić information content (AvgIpc) is 3.18. The van der Waals surface area contributed by atoms with E-state index in [0.717, 1.165) is 5.56 Å². The number of fused-ring (bicyclic) bond motifs is 3. The van der Waals surface area contributed by atoms with Crippen LogP contribution in [-0.4, -0.2) is 33.1 Å². The number of hydrogen-bond donors (Lipinski definition) is 0. The first-order valence-electron chi connectivity index (χ1n) is 10.7. The minimum Gasteiger partial charge on any atom is -0.496 e. The van der Waals surface area contributed by atoms with E-state index in [1.54, 1.807) is 30.3 Å². The molecule has 0 spiro atoms. The molecular formula is C27H22O7. The number of carbonyl (C=O) groups excluding carboxylic acids is 2. The van der Waals surface area contributed by atoms with Crippen LogP contribution in [0.25, 0.3) is 6.08 Å². The molecule has 3 aromatic carbocycles. The lowest BCUT2D eigenvalue weighted by Gasteiger charge is -2.26. The van der Waals surface area contributed by atoms with Gasteiger partial charge in [0.1, 0.15) is 17.2 Å². The van der Waals surface area contributed by atoms with Gasteiger partial charge in [-0.05, 0) is 29.8 Å². The van der Waals surface area contributed by atoms with E-state index >= 15 is 0 Å². The predicted molar refractivity (Wildman–Crippen MR) is 124 cm³/mol. The molecule has 0 aliphatic carbocycles. The van der Waals surface area contributed by atoms with Gasteiger partial charge >= 0.3 is 5.97 Å². The average molecular weight is 458 g/mol. The summed E-state index contributed by atoms with van der Waals surface area (Å²) in [4.78, 5) is 25.6. The number of benzene rings is 3. The van der Waals surface area contributed by atoms with Crippen LogP contribution in [0.4, 0.5) is 0 Å². The van der Waals surface area contributed by atoms with Crippen molar-refractivity contribution in [3.8, 4) is 28.7 Å². The topological polar surface area (TPSA) is 80.3 Å². The molecule has 7 nitrogen and oxygen atoms in total. The van der Waals surface area contributed by atoms with Crippen molar-refractivity contribution in [3.05, 3.63) is 82.6 Å². The van der Waals surface area contributed by atoms with E-state index < -0.39 is 0 Å². The number of allylic oxidation sites excluding steroid dienone is 1. The normalized spacial score (nSPS) is 17.5. The van der Waals surface area contributed by atoms with Crippen LogP contribution in [0.1, 0.15) is 39.4 Å². The third kappa shape index (κ3) is 3.55. The molecule has 0 aromatic heterocycles. The van der Waals surface area contributed by atoms with Gasteiger partial charge in [0, 0.05) is 23.1 Å². The molecule has 0 fully saturated rings. The van der Waals surface area contributed by atoms with E-state index in [0.29, 0.717) is 45.4 Å². The van der Waals surface area contributed by atoms with Gasteiger partial charge in [0.15, 0.2) is 17.3 Å². The molecule has 2 aliphatic rings. The standard InChI is InChI=1S/C27H22O7/c1-30-20-14-22(32-3)21(31-2)11-16(20)12-23-26(29)17-9-10-19-25(27(17)34-23)18(13-24(28)33-19)15-7-5-4-6-8-15/h4-12,14,18H,13H2,1-3H3. The molecule has 0 N–H and O–H groups in total. The van der Waals surface area contributed by atoms with Gasteiger partial charge in [-0.15, -0.1) is 0 Å². The van der Waals surface area contributed by atoms with Crippen LogP contribution in [-0.2, 0) is 4.79 Å². The first-order chi connectivity index (χ1) is 16.5. The number of esters is 1. The molecule has 7 heteroatoms. The van der Waals surface area contributed by atoms with Gasteiger partial charge in [0.05, 0.1) is 33.3 Å². The maximum absolute atomic E-state index is 13.3. The predicted octanol–water partition coefficient (Wildman–Crippen LogP) is 4.77. The third-order valence-electron chi connectivity index (χ3n) is 6.00. The summed E-state index contributed by atoms with van der Waals surface area (Å²) in [6.07, 6.45) is 1.77. The number of Topliss-reactive ketones (excluding diaryl/α,β-unsaturated/α-hetero) is 1. The Morgan fingerprint density at radius 2 is 1.56 bits per heavy atom. The Bertz CT molecular complexity index is 1320. The van der Waals surface area contributed by atoms with E-state index in [4.69, 9.17) is 23.7 Å². The van der Waals surface area contributed by atoms with Crippen molar-refractivity contribution in [2.45, 2.75) is 12.3 Å². The van der Waals surface area contributed by atoms with Crippen molar-refractivity contribution in [2.75, 3.05) is 21.3 Å². The molecule has 1 unspecified atom stereocenters. The molecule has 0 radical (unpaired) electrons. The number of ketones is 1. The van der Waals surface area contributed by atoms with Crippen molar-refractivity contribution in [2.24, 2.45) is 0 Å². The fourth-order valence-corrected chi connectivity index (χ4v) is 4.38. The number of carbonyl (C=O) groups is 2. The molecule has 172 valence electrons. The highest BCUT2D eigenvalue weighted by Gasteiger charge is 2.38. The van der Waals surface area contributed by atoms with Crippen LogP contribution in [0.5, 0.6) is 28.7 Å². The molecule has 0 saturated carbocycles. The number of methoxy groups -OCH3 is 3. The van der Waals surface area contributed by atoms with Crippen molar-refractivity contribution in [1.29, 1.82) is 0 Å². The quantitative estimate of drug-likeness (QED) is 0.310. The first kappa shape index (κ1) is 21.6. The maximum atomic E-state index is 13.3. The molecule has 3 aromatic rings. The largest absolute Gasteiger partial charge is 0.496 e. The molecule has 2 heterocycles. The van der Waals surface area contributed by atoms with E-state index in [2.05, 4.69) is 0 Å². The maximum Gasteiger partial charge on any atom is 0.312 e. The third-order valence-corrected chi connectivity index (χ3v) is 6.00. The Balaban J connectivity index is 1.61. The zero-order valence-electron chi connectivity index (χ0n) is 18.9. The van der Waals surface area contributed by atoms with Crippen molar-refractivity contribution >= 4 is 17.8 Å². The molecule has 0 amide bonds. The van der Waals surface area contributed by atoms with Crippen molar-refractivity contribution in [1.82, 2.24) is 0 Å². The Morgan fingerprint density at radius 3 is 2.26 bits per heavy atom. The van der Waals surface area contributed by atoms with Gasteiger partial charge in [-0.3, -0.25) is 9.59 Å². The Morgan fingerprint density at radius 1 is 0.853 bits per heavy atom. The van der Waals surface area contributed by atoms with Crippen molar-refractivity contribution in [3.63, 3.8) is 0 Å². The second-order valence-electron chi connectivity index (χ2n) is 7.88. The van der Waals surface area contributed by atoms with E-state index in [1.165, 1.54) is 21.3 Å². The van der Waals surface area contributed by atoms with E-state index in [-0.39, 0.29) is 29.9 Å². The summed E-state index contributed by atoms with van der Waals surface area (Å²) in [5.41, 5.74) is 2.66. The monoisotopic (exact) mass is 458 g/mol. The van der Waals surface area contributed by atoms with Crippen LogP contribution in [0.3, 0.4) is 0 Å². The molecule has 0 saturated heterocycles. The minimum atomic E-state index is -0.323. The molecule has 1 atom stereocenters. The lowest BCUT2D eigenvalue weighted by atomic mass is 9.85.